The molecule has 0 spiro atoms. The zero-order valence-corrected chi connectivity index (χ0v) is 11.9. The van der Waals surface area contributed by atoms with Crippen LogP contribution in [0.3, 0.4) is 0 Å². The van der Waals surface area contributed by atoms with E-state index in [0.29, 0.717) is 5.88 Å². The molecule has 1 saturated heterocycles. The van der Waals surface area contributed by atoms with Gasteiger partial charge in [0.05, 0.1) is 0 Å². The molecule has 0 aromatic heterocycles. The maximum Gasteiger partial charge on any atom is 0.0494 e. The molecule has 0 aliphatic carbocycles. The van der Waals surface area contributed by atoms with E-state index in [1.165, 1.54) is 24.1 Å². The predicted molar refractivity (Wildman–Crippen MR) is 74.3 cm³/mol. The van der Waals surface area contributed by atoms with Crippen LogP contribution in [0.2, 0.25) is 0 Å². The van der Waals surface area contributed by atoms with Crippen molar-refractivity contribution in [3.63, 3.8) is 0 Å². The Morgan fingerprint density at radius 1 is 1.50 bits per heavy atom. The molecule has 0 N–H and O–H groups in total. The average Bonchev–Trinajstić information content (AvgIpc) is 2.28. The number of benzene rings is 1. The number of halogens is 2. The molecule has 88 valence electrons. The average molecular weight is 303 g/mol. The van der Waals surface area contributed by atoms with Gasteiger partial charge in [-0.2, -0.15) is 0 Å². The number of nitrogens with zero attached hydrogens (tertiary/aromatic N) is 1. The third-order valence-electron chi connectivity index (χ3n) is 3.18. The van der Waals surface area contributed by atoms with Crippen LogP contribution >= 0.6 is 27.5 Å². The van der Waals surface area contributed by atoms with Crippen molar-refractivity contribution in [2.75, 3.05) is 18.0 Å². The maximum atomic E-state index is 6.01. The molecule has 1 unspecified atom stereocenters. The Morgan fingerprint density at radius 2 is 2.31 bits per heavy atom. The molecule has 1 aliphatic heterocycles. The lowest BCUT2D eigenvalue weighted by molar-refractivity contribution is 0.446. The van der Waals surface area contributed by atoms with Crippen LogP contribution in [-0.2, 0) is 5.88 Å². The molecule has 1 atom stereocenters. The number of rotatable bonds is 2. The second-order valence-electron chi connectivity index (χ2n) is 4.60. The van der Waals surface area contributed by atoms with Gasteiger partial charge in [0.15, 0.2) is 0 Å². The van der Waals surface area contributed by atoms with E-state index in [0.717, 1.165) is 23.5 Å². The van der Waals surface area contributed by atoms with Crippen molar-refractivity contribution in [1.82, 2.24) is 0 Å². The number of anilines is 1. The van der Waals surface area contributed by atoms with Crippen LogP contribution in [0.5, 0.6) is 0 Å². The fraction of sp³-hybridized carbons (Fsp3) is 0.538. The van der Waals surface area contributed by atoms with Gasteiger partial charge >= 0.3 is 0 Å². The van der Waals surface area contributed by atoms with Crippen LogP contribution in [0.15, 0.2) is 22.7 Å². The molecule has 0 radical (unpaired) electrons. The van der Waals surface area contributed by atoms with Crippen LogP contribution in [0.4, 0.5) is 5.69 Å². The summed E-state index contributed by atoms with van der Waals surface area (Å²) in [7, 11) is 0. The van der Waals surface area contributed by atoms with Crippen LogP contribution in [0, 0.1) is 5.92 Å². The van der Waals surface area contributed by atoms with E-state index in [-0.39, 0.29) is 0 Å². The molecular weight excluding hydrogens is 286 g/mol. The number of piperidine rings is 1. The highest BCUT2D eigenvalue weighted by atomic mass is 79.9. The summed E-state index contributed by atoms with van der Waals surface area (Å²) in [5.74, 6) is 1.38. The lowest BCUT2D eigenvalue weighted by Gasteiger charge is -2.34. The first-order valence-corrected chi connectivity index (χ1v) is 7.13. The Morgan fingerprint density at radius 3 is 3.00 bits per heavy atom. The number of alkyl halides is 1. The van der Waals surface area contributed by atoms with E-state index in [1.807, 2.05) is 0 Å². The normalized spacial score (nSPS) is 21.2. The first-order valence-electron chi connectivity index (χ1n) is 5.80. The molecule has 1 aromatic rings. The largest absolute Gasteiger partial charge is 0.371 e. The van der Waals surface area contributed by atoms with Crippen LogP contribution in [-0.4, -0.2) is 13.1 Å². The second-order valence-corrected chi connectivity index (χ2v) is 5.78. The topological polar surface area (TPSA) is 3.24 Å². The van der Waals surface area contributed by atoms with Gasteiger partial charge < -0.3 is 4.90 Å². The Bertz CT molecular complexity index is 367. The van der Waals surface area contributed by atoms with Gasteiger partial charge in [0.25, 0.3) is 0 Å². The van der Waals surface area contributed by atoms with E-state index in [1.54, 1.807) is 0 Å². The summed E-state index contributed by atoms with van der Waals surface area (Å²) in [5.41, 5.74) is 2.54. The Labute approximate surface area is 111 Å². The van der Waals surface area contributed by atoms with Gasteiger partial charge in [-0.15, -0.1) is 11.6 Å². The number of hydrogen-bond acceptors (Lipinski definition) is 1. The minimum Gasteiger partial charge on any atom is -0.371 e. The minimum absolute atomic E-state index is 0.583. The van der Waals surface area contributed by atoms with Crippen molar-refractivity contribution in [1.29, 1.82) is 0 Å². The van der Waals surface area contributed by atoms with E-state index in [4.69, 9.17) is 11.6 Å². The van der Waals surface area contributed by atoms with Gasteiger partial charge in [-0.1, -0.05) is 22.9 Å². The van der Waals surface area contributed by atoms with Crippen molar-refractivity contribution < 1.29 is 0 Å². The van der Waals surface area contributed by atoms with Gasteiger partial charge in [0, 0.05) is 29.1 Å². The smallest absolute Gasteiger partial charge is 0.0494 e. The molecule has 1 aromatic carbocycles. The van der Waals surface area contributed by atoms with Crippen LogP contribution < -0.4 is 4.90 Å². The summed E-state index contributed by atoms with van der Waals surface area (Å²) in [6.45, 7) is 4.65. The summed E-state index contributed by atoms with van der Waals surface area (Å²) in [6, 6.07) is 6.41. The third kappa shape index (κ3) is 2.72. The summed E-state index contributed by atoms with van der Waals surface area (Å²) in [4.78, 5) is 2.47. The SMILES string of the molecule is CC1CCCN(c2ccc(Br)cc2CCl)C1. The number of hydrogen-bond donors (Lipinski definition) is 0. The van der Waals surface area contributed by atoms with Crippen LogP contribution in [0.1, 0.15) is 25.3 Å². The van der Waals surface area contributed by atoms with Crippen molar-refractivity contribution >= 4 is 33.2 Å². The Kier molecular flexibility index (Phi) is 4.15. The van der Waals surface area contributed by atoms with Crippen molar-refractivity contribution in [3.8, 4) is 0 Å². The summed E-state index contributed by atoms with van der Waals surface area (Å²) < 4.78 is 1.11. The second kappa shape index (κ2) is 5.42. The molecular formula is C13H17BrClN. The zero-order valence-electron chi connectivity index (χ0n) is 9.55. The van der Waals surface area contributed by atoms with Gasteiger partial charge in [0.1, 0.15) is 0 Å². The Hall–Kier alpha value is -0.210. The first kappa shape index (κ1) is 12.3. The standard InChI is InChI=1S/C13H17BrClN/c1-10-3-2-6-16(9-10)13-5-4-12(14)7-11(13)8-15/h4-5,7,10H,2-3,6,8-9H2,1H3. The minimum atomic E-state index is 0.583. The van der Waals surface area contributed by atoms with E-state index >= 15 is 0 Å². The molecule has 1 nitrogen and oxygen atoms in total. The fourth-order valence-electron chi connectivity index (χ4n) is 2.38. The highest BCUT2D eigenvalue weighted by Crippen LogP contribution is 2.29. The summed E-state index contributed by atoms with van der Waals surface area (Å²) in [5, 5.41) is 0. The highest BCUT2D eigenvalue weighted by Gasteiger charge is 2.18. The van der Waals surface area contributed by atoms with E-state index in [9.17, 15) is 0 Å². The summed E-state index contributed by atoms with van der Waals surface area (Å²) >= 11 is 9.51. The highest BCUT2D eigenvalue weighted by molar-refractivity contribution is 9.10. The molecule has 0 bridgehead atoms. The van der Waals surface area contributed by atoms with Gasteiger partial charge in [-0.05, 0) is 42.5 Å². The first-order chi connectivity index (χ1) is 7.70. The molecule has 16 heavy (non-hydrogen) atoms. The predicted octanol–water partition coefficient (Wildman–Crippen LogP) is 4.42. The van der Waals surface area contributed by atoms with Crippen molar-refractivity contribution in [2.24, 2.45) is 5.92 Å². The molecule has 1 heterocycles. The molecule has 0 saturated carbocycles. The monoisotopic (exact) mass is 301 g/mol. The Balaban J connectivity index is 2.24. The van der Waals surface area contributed by atoms with Gasteiger partial charge in [0.2, 0.25) is 0 Å². The van der Waals surface area contributed by atoms with E-state index in [2.05, 4.69) is 46.0 Å². The van der Waals surface area contributed by atoms with E-state index < -0.39 is 0 Å². The van der Waals surface area contributed by atoms with Gasteiger partial charge in [-0.3, -0.25) is 0 Å². The van der Waals surface area contributed by atoms with Crippen molar-refractivity contribution in [2.45, 2.75) is 25.6 Å². The van der Waals surface area contributed by atoms with Crippen molar-refractivity contribution in [3.05, 3.63) is 28.2 Å². The fourth-order valence-corrected chi connectivity index (χ4v) is 3.00. The van der Waals surface area contributed by atoms with Gasteiger partial charge in [-0.25, -0.2) is 0 Å². The van der Waals surface area contributed by atoms with Crippen LogP contribution in [0.25, 0.3) is 0 Å². The quantitative estimate of drug-likeness (QED) is 0.731. The third-order valence-corrected chi connectivity index (χ3v) is 3.96. The lowest BCUT2D eigenvalue weighted by Crippen LogP contribution is -2.34. The maximum absolute atomic E-state index is 6.01. The zero-order chi connectivity index (χ0) is 11.5. The molecule has 3 heteroatoms. The molecule has 1 fully saturated rings. The molecule has 0 amide bonds. The molecule has 2 rings (SSSR count). The summed E-state index contributed by atoms with van der Waals surface area (Å²) in [6.07, 6.45) is 2.64. The molecule has 1 aliphatic rings. The lowest BCUT2D eigenvalue weighted by atomic mass is 9.99.